The van der Waals surface area contributed by atoms with Crippen molar-refractivity contribution in [1.29, 1.82) is 0 Å². The average molecular weight is 296 g/mol. The third-order valence-corrected chi connectivity index (χ3v) is 3.36. The second kappa shape index (κ2) is 7.67. The van der Waals surface area contributed by atoms with Crippen molar-refractivity contribution in [3.63, 3.8) is 0 Å². The van der Waals surface area contributed by atoms with Gasteiger partial charge in [0.25, 0.3) is 0 Å². The zero-order valence-corrected chi connectivity index (χ0v) is 12.3. The van der Waals surface area contributed by atoms with E-state index in [1.807, 2.05) is 6.08 Å². The number of benzene rings is 1. The normalized spacial score (nSPS) is 14.3. The van der Waals surface area contributed by atoms with Gasteiger partial charge in [-0.15, -0.1) is 6.58 Å². The number of allylic oxidation sites excluding steroid dienone is 1. The first-order valence-corrected chi connectivity index (χ1v) is 7.02. The molecule has 0 aliphatic carbocycles. The topological polar surface area (TPSA) is 12.0 Å². The predicted molar refractivity (Wildman–Crippen MR) is 79.3 cm³/mol. The van der Waals surface area contributed by atoms with Crippen LogP contribution in [0.15, 0.2) is 41.4 Å². The van der Waals surface area contributed by atoms with Crippen LogP contribution in [0.5, 0.6) is 0 Å². The Morgan fingerprint density at radius 2 is 1.88 bits per heavy atom. The van der Waals surface area contributed by atoms with Gasteiger partial charge < -0.3 is 5.32 Å². The Labute approximate surface area is 113 Å². The van der Waals surface area contributed by atoms with Crippen LogP contribution in [-0.4, -0.2) is 12.1 Å². The van der Waals surface area contributed by atoms with Crippen LogP contribution in [0.4, 0.5) is 0 Å². The molecule has 0 saturated heterocycles. The van der Waals surface area contributed by atoms with Crippen molar-refractivity contribution in [3.05, 3.63) is 47.0 Å². The maximum absolute atomic E-state index is 3.76. The van der Waals surface area contributed by atoms with Crippen LogP contribution in [0.1, 0.15) is 32.3 Å². The molecule has 0 aliphatic rings. The largest absolute Gasteiger partial charge is 0.311 e. The van der Waals surface area contributed by atoms with Gasteiger partial charge in [0.1, 0.15) is 0 Å². The van der Waals surface area contributed by atoms with Gasteiger partial charge in [-0.05, 0) is 50.8 Å². The summed E-state index contributed by atoms with van der Waals surface area (Å²) >= 11 is 3.46. The highest BCUT2D eigenvalue weighted by molar-refractivity contribution is 9.10. The molecule has 2 atom stereocenters. The summed E-state index contributed by atoms with van der Waals surface area (Å²) in [5, 5.41) is 3.62. The van der Waals surface area contributed by atoms with E-state index in [4.69, 9.17) is 0 Å². The second-order valence-corrected chi connectivity index (χ2v) is 5.58. The molecule has 1 rings (SSSR count). The SMILES string of the molecule is C=CCCC(C)NC(C)Cc1ccc(Br)cc1. The van der Waals surface area contributed by atoms with Gasteiger partial charge in [-0.1, -0.05) is 34.1 Å². The monoisotopic (exact) mass is 295 g/mol. The van der Waals surface area contributed by atoms with Gasteiger partial charge in [-0.2, -0.15) is 0 Å². The molecule has 1 aromatic carbocycles. The number of hydrogen-bond acceptors (Lipinski definition) is 1. The molecule has 0 amide bonds. The minimum atomic E-state index is 0.510. The van der Waals surface area contributed by atoms with Gasteiger partial charge in [-0.3, -0.25) is 0 Å². The van der Waals surface area contributed by atoms with Crippen LogP contribution in [0.3, 0.4) is 0 Å². The van der Waals surface area contributed by atoms with E-state index in [1.165, 1.54) is 5.56 Å². The molecule has 0 saturated carbocycles. The first-order chi connectivity index (χ1) is 8.11. The number of hydrogen-bond donors (Lipinski definition) is 1. The summed E-state index contributed by atoms with van der Waals surface area (Å²) < 4.78 is 1.14. The van der Waals surface area contributed by atoms with E-state index < -0.39 is 0 Å². The predicted octanol–water partition coefficient (Wildman–Crippen LogP) is 4.32. The van der Waals surface area contributed by atoms with Crippen LogP contribution in [-0.2, 0) is 6.42 Å². The molecule has 0 spiro atoms. The molecule has 94 valence electrons. The first-order valence-electron chi connectivity index (χ1n) is 6.23. The van der Waals surface area contributed by atoms with Crippen LogP contribution >= 0.6 is 15.9 Å². The summed E-state index contributed by atoms with van der Waals surface area (Å²) in [4.78, 5) is 0. The van der Waals surface area contributed by atoms with E-state index in [0.29, 0.717) is 12.1 Å². The Balaban J connectivity index is 2.35. The average Bonchev–Trinajstić information content (AvgIpc) is 2.29. The zero-order chi connectivity index (χ0) is 12.7. The van der Waals surface area contributed by atoms with Crippen molar-refractivity contribution < 1.29 is 0 Å². The van der Waals surface area contributed by atoms with Crippen molar-refractivity contribution in [2.24, 2.45) is 0 Å². The Bertz CT molecular complexity index is 331. The minimum absolute atomic E-state index is 0.510. The van der Waals surface area contributed by atoms with Gasteiger partial charge in [0.2, 0.25) is 0 Å². The van der Waals surface area contributed by atoms with E-state index in [2.05, 4.69) is 65.9 Å². The molecule has 1 N–H and O–H groups in total. The van der Waals surface area contributed by atoms with Gasteiger partial charge in [0.05, 0.1) is 0 Å². The Morgan fingerprint density at radius 1 is 1.24 bits per heavy atom. The molecule has 0 aromatic heterocycles. The first kappa shape index (κ1) is 14.5. The van der Waals surface area contributed by atoms with Gasteiger partial charge in [0, 0.05) is 16.6 Å². The van der Waals surface area contributed by atoms with E-state index in [9.17, 15) is 0 Å². The quantitative estimate of drug-likeness (QED) is 0.739. The number of nitrogens with one attached hydrogen (secondary N) is 1. The van der Waals surface area contributed by atoms with Crippen molar-refractivity contribution in [2.75, 3.05) is 0 Å². The molecule has 17 heavy (non-hydrogen) atoms. The summed E-state index contributed by atoms with van der Waals surface area (Å²) in [7, 11) is 0. The molecular weight excluding hydrogens is 274 g/mol. The molecule has 0 bridgehead atoms. The molecule has 1 aromatic rings. The Hall–Kier alpha value is -0.600. The smallest absolute Gasteiger partial charge is 0.0175 e. The lowest BCUT2D eigenvalue weighted by Gasteiger charge is -2.19. The standard InChI is InChI=1S/C15H22BrN/c1-4-5-6-12(2)17-13(3)11-14-7-9-15(16)10-8-14/h4,7-10,12-13,17H,1,5-6,11H2,2-3H3. The fourth-order valence-corrected chi connectivity index (χ4v) is 2.23. The van der Waals surface area contributed by atoms with E-state index in [1.54, 1.807) is 0 Å². The van der Waals surface area contributed by atoms with E-state index >= 15 is 0 Å². The third-order valence-electron chi connectivity index (χ3n) is 2.83. The molecule has 0 radical (unpaired) electrons. The number of rotatable bonds is 7. The summed E-state index contributed by atoms with van der Waals surface area (Å²) in [5.74, 6) is 0. The van der Waals surface area contributed by atoms with E-state index in [0.717, 1.165) is 23.7 Å². The van der Waals surface area contributed by atoms with Gasteiger partial charge in [0.15, 0.2) is 0 Å². The van der Waals surface area contributed by atoms with Crippen LogP contribution < -0.4 is 5.32 Å². The fourth-order valence-electron chi connectivity index (χ4n) is 1.97. The summed E-state index contributed by atoms with van der Waals surface area (Å²) in [6.45, 7) is 8.24. The molecule has 0 fully saturated rings. The second-order valence-electron chi connectivity index (χ2n) is 4.67. The summed E-state index contributed by atoms with van der Waals surface area (Å²) in [6, 6.07) is 9.62. The van der Waals surface area contributed by atoms with Crippen molar-refractivity contribution in [3.8, 4) is 0 Å². The number of halogens is 1. The van der Waals surface area contributed by atoms with Crippen molar-refractivity contribution in [1.82, 2.24) is 5.32 Å². The summed E-state index contributed by atoms with van der Waals surface area (Å²) in [6.07, 6.45) is 5.30. The highest BCUT2D eigenvalue weighted by atomic mass is 79.9. The van der Waals surface area contributed by atoms with Crippen molar-refractivity contribution in [2.45, 2.75) is 45.2 Å². The zero-order valence-electron chi connectivity index (χ0n) is 10.7. The molecule has 2 unspecified atom stereocenters. The van der Waals surface area contributed by atoms with E-state index in [-0.39, 0.29) is 0 Å². The van der Waals surface area contributed by atoms with Crippen LogP contribution in [0.25, 0.3) is 0 Å². The van der Waals surface area contributed by atoms with Crippen molar-refractivity contribution >= 4 is 15.9 Å². The van der Waals surface area contributed by atoms with Crippen LogP contribution in [0, 0.1) is 0 Å². The Kier molecular flexibility index (Phi) is 6.53. The maximum Gasteiger partial charge on any atom is 0.0175 e. The third kappa shape index (κ3) is 6.04. The highest BCUT2D eigenvalue weighted by Gasteiger charge is 2.07. The lowest BCUT2D eigenvalue weighted by Crippen LogP contribution is -2.35. The summed E-state index contributed by atoms with van der Waals surface area (Å²) in [5.41, 5.74) is 1.38. The molecule has 1 nitrogen and oxygen atoms in total. The highest BCUT2D eigenvalue weighted by Crippen LogP contribution is 2.12. The lowest BCUT2D eigenvalue weighted by molar-refractivity contribution is 0.446. The van der Waals surface area contributed by atoms with Crippen LogP contribution in [0.2, 0.25) is 0 Å². The van der Waals surface area contributed by atoms with Gasteiger partial charge >= 0.3 is 0 Å². The molecule has 0 aliphatic heterocycles. The maximum atomic E-state index is 3.76. The fraction of sp³-hybridized carbons (Fsp3) is 0.467. The Morgan fingerprint density at radius 3 is 2.47 bits per heavy atom. The minimum Gasteiger partial charge on any atom is -0.311 e. The van der Waals surface area contributed by atoms with Gasteiger partial charge in [-0.25, -0.2) is 0 Å². The molecular formula is C15H22BrN. The molecule has 0 heterocycles. The molecule has 2 heteroatoms. The lowest BCUT2D eigenvalue weighted by atomic mass is 10.1.